The summed E-state index contributed by atoms with van der Waals surface area (Å²) in [6, 6.07) is 7.75. The van der Waals surface area contributed by atoms with Crippen molar-refractivity contribution < 1.29 is 8.78 Å². The van der Waals surface area contributed by atoms with Crippen LogP contribution < -0.4 is 11.1 Å². The van der Waals surface area contributed by atoms with E-state index in [0.29, 0.717) is 13.1 Å². The zero-order valence-electron chi connectivity index (χ0n) is 8.55. The van der Waals surface area contributed by atoms with Crippen LogP contribution in [-0.2, 0) is 13.0 Å². The zero-order chi connectivity index (χ0) is 11.1. The van der Waals surface area contributed by atoms with E-state index in [0.717, 1.165) is 17.5 Å². The Morgan fingerprint density at radius 2 is 1.87 bits per heavy atom. The molecule has 0 aliphatic heterocycles. The van der Waals surface area contributed by atoms with Crippen LogP contribution in [0.4, 0.5) is 8.78 Å². The fourth-order valence-corrected chi connectivity index (χ4v) is 1.45. The summed E-state index contributed by atoms with van der Waals surface area (Å²) in [7, 11) is 0. The largest absolute Gasteiger partial charge is 0.330 e. The lowest BCUT2D eigenvalue weighted by atomic mass is 10.0. The van der Waals surface area contributed by atoms with Crippen LogP contribution in [-0.4, -0.2) is 19.5 Å². The maximum absolute atomic E-state index is 11.9. The third-order valence-electron chi connectivity index (χ3n) is 2.15. The summed E-state index contributed by atoms with van der Waals surface area (Å²) in [5.41, 5.74) is 7.64. The Balaban J connectivity index is 2.51. The molecule has 0 bridgehead atoms. The van der Waals surface area contributed by atoms with Crippen LogP contribution in [0.2, 0.25) is 0 Å². The van der Waals surface area contributed by atoms with Gasteiger partial charge in [0.2, 0.25) is 0 Å². The van der Waals surface area contributed by atoms with Gasteiger partial charge >= 0.3 is 0 Å². The molecule has 0 aliphatic rings. The van der Waals surface area contributed by atoms with E-state index in [9.17, 15) is 8.78 Å². The molecule has 84 valence electrons. The number of benzene rings is 1. The van der Waals surface area contributed by atoms with Gasteiger partial charge in [0, 0.05) is 6.54 Å². The molecule has 15 heavy (non-hydrogen) atoms. The summed E-state index contributed by atoms with van der Waals surface area (Å²) >= 11 is 0. The monoisotopic (exact) mass is 214 g/mol. The summed E-state index contributed by atoms with van der Waals surface area (Å²) in [6.07, 6.45) is -1.52. The minimum Gasteiger partial charge on any atom is -0.330 e. The first-order chi connectivity index (χ1) is 7.24. The molecule has 0 aromatic heterocycles. The van der Waals surface area contributed by atoms with Crippen molar-refractivity contribution in [3.05, 3.63) is 35.4 Å². The summed E-state index contributed by atoms with van der Waals surface area (Å²) in [6.45, 7) is 0.781. The minimum absolute atomic E-state index is 0.267. The number of nitrogens with two attached hydrogens (primary N) is 1. The number of alkyl halides is 2. The summed E-state index contributed by atoms with van der Waals surface area (Å²) in [4.78, 5) is 0. The van der Waals surface area contributed by atoms with Gasteiger partial charge in [-0.2, -0.15) is 0 Å². The van der Waals surface area contributed by atoms with Crippen molar-refractivity contribution in [2.45, 2.75) is 19.4 Å². The second-order valence-electron chi connectivity index (χ2n) is 3.33. The summed E-state index contributed by atoms with van der Waals surface area (Å²) < 4.78 is 23.8. The molecule has 0 radical (unpaired) electrons. The Bertz CT molecular complexity index is 290. The Kier molecular flexibility index (Phi) is 5.21. The molecular formula is C11H16F2N2. The predicted octanol–water partition coefficient (Wildman–Crippen LogP) is 1.54. The van der Waals surface area contributed by atoms with Crippen LogP contribution in [0.15, 0.2) is 24.3 Å². The van der Waals surface area contributed by atoms with Crippen LogP contribution in [0.1, 0.15) is 11.1 Å². The van der Waals surface area contributed by atoms with Gasteiger partial charge in [0.05, 0.1) is 6.54 Å². The first-order valence-electron chi connectivity index (χ1n) is 4.99. The molecule has 0 saturated carbocycles. The van der Waals surface area contributed by atoms with Gasteiger partial charge in [0.25, 0.3) is 6.43 Å². The van der Waals surface area contributed by atoms with Crippen molar-refractivity contribution in [3.63, 3.8) is 0 Å². The van der Waals surface area contributed by atoms with E-state index in [1.165, 1.54) is 0 Å². The van der Waals surface area contributed by atoms with E-state index in [1.807, 2.05) is 24.3 Å². The van der Waals surface area contributed by atoms with Gasteiger partial charge in [-0.15, -0.1) is 0 Å². The lowest BCUT2D eigenvalue weighted by Gasteiger charge is -2.09. The van der Waals surface area contributed by atoms with E-state index >= 15 is 0 Å². The van der Waals surface area contributed by atoms with E-state index in [-0.39, 0.29) is 6.54 Å². The molecule has 2 nitrogen and oxygen atoms in total. The molecule has 0 fully saturated rings. The van der Waals surface area contributed by atoms with Crippen LogP contribution in [0.5, 0.6) is 0 Å². The van der Waals surface area contributed by atoms with Crippen molar-refractivity contribution in [2.24, 2.45) is 5.73 Å². The number of rotatable bonds is 6. The molecule has 4 heteroatoms. The number of hydrogen-bond donors (Lipinski definition) is 2. The molecule has 0 spiro atoms. The van der Waals surface area contributed by atoms with Gasteiger partial charge in [-0.1, -0.05) is 24.3 Å². The first kappa shape index (κ1) is 12.1. The zero-order valence-corrected chi connectivity index (χ0v) is 8.55. The third-order valence-corrected chi connectivity index (χ3v) is 2.15. The number of hydrogen-bond acceptors (Lipinski definition) is 2. The number of halogens is 2. The van der Waals surface area contributed by atoms with Crippen molar-refractivity contribution in [3.8, 4) is 0 Å². The molecule has 1 aromatic carbocycles. The molecule has 1 aromatic rings. The molecule has 0 unspecified atom stereocenters. The second kappa shape index (κ2) is 6.48. The van der Waals surface area contributed by atoms with Crippen LogP contribution in [0, 0.1) is 0 Å². The maximum atomic E-state index is 11.9. The van der Waals surface area contributed by atoms with Gasteiger partial charge in [0.15, 0.2) is 0 Å². The normalized spacial score (nSPS) is 10.9. The molecule has 3 N–H and O–H groups in total. The summed E-state index contributed by atoms with van der Waals surface area (Å²) in [5.74, 6) is 0. The van der Waals surface area contributed by atoms with Crippen molar-refractivity contribution in [1.82, 2.24) is 5.32 Å². The molecule has 1 rings (SSSR count). The Hall–Kier alpha value is -1.00. The highest BCUT2D eigenvalue weighted by atomic mass is 19.3. The lowest BCUT2D eigenvalue weighted by Crippen LogP contribution is -2.21. The van der Waals surface area contributed by atoms with Crippen molar-refractivity contribution in [1.29, 1.82) is 0 Å². The molecule has 0 aliphatic carbocycles. The van der Waals surface area contributed by atoms with Crippen molar-refractivity contribution in [2.75, 3.05) is 13.1 Å². The molecule has 0 saturated heterocycles. The summed E-state index contributed by atoms with van der Waals surface area (Å²) in [5, 5.41) is 2.71. The van der Waals surface area contributed by atoms with Crippen LogP contribution in [0.25, 0.3) is 0 Å². The maximum Gasteiger partial charge on any atom is 0.250 e. The molecule has 0 atom stereocenters. The predicted molar refractivity (Wildman–Crippen MR) is 56.9 cm³/mol. The van der Waals surface area contributed by atoms with E-state index in [2.05, 4.69) is 5.32 Å². The third kappa shape index (κ3) is 4.36. The average molecular weight is 214 g/mol. The highest BCUT2D eigenvalue weighted by Crippen LogP contribution is 2.08. The average Bonchev–Trinajstić information content (AvgIpc) is 2.20. The fourth-order valence-electron chi connectivity index (χ4n) is 1.45. The highest BCUT2D eigenvalue weighted by molar-refractivity contribution is 5.27. The van der Waals surface area contributed by atoms with Crippen LogP contribution >= 0.6 is 0 Å². The number of nitrogens with one attached hydrogen (secondary N) is 1. The lowest BCUT2D eigenvalue weighted by molar-refractivity contribution is 0.145. The second-order valence-corrected chi connectivity index (χ2v) is 3.33. The standard InChI is InChI=1S/C11H16F2N2/c12-11(13)8-15-7-10-4-2-1-3-9(10)5-6-14/h1-4,11,15H,5-8,14H2. The highest BCUT2D eigenvalue weighted by Gasteiger charge is 2.03. The Labute approximate surface area is 88.5 Å². The molecular weight excluding hydrogens is 198 g/mol. The quantitative estimate of drug-likeness (QED) is 0.754. The smallest absolute Gasteiger partial charge is 0.250 e. The SMILES string of the molecule is NCCc1ccccc1CNCC(F)F. The molecule has 0 amide bonds. The van der Waals surface area contributed by atoms with E-state index < -0.39 is 6.43 Å². The van der Waals surface area contributed by atoms with Crippen molar-refractivity contribution >= 4 is 0 Å². The molecule has 0 heterocycles. The Morgan fingerprint density at radius 1 is 1.20 bits per heavy atom. The van der Waals surface area contributed by atoms with Gasteiger partial charge in [0.1, 0.15) is 0 Å². The van der Waals surface area contributed by atoms with Gasteiger partial charge in [-0.05, 0) is 24.1 Å². The van der Waals surface area contributed by atoms with Crippen LogP contribution in [0.3, 0.4) is 0 Å². The van der Waals surface area contributed by atoms with E-state index in [1.54, 1.807) is 0 Å². The fraction of sp³-hybridized carbons (Fsp3) is 0.455. The first-order valence-corrected chi connectivity index (χ1v) is 4.99. The topological polar surface area (TPSA) is 38.0 Å². The van der Waals surface area contributed by atoms with Gasteiger partial charge in [-0.25, -0.2) is 8.78 Å². The van der Waals surface area contributed by atoms with Gasteiger partial charge < -0.3 is 11.1 Å². The van der Waals surface area contributed by atoms with E-state index in [4.69, 9.17) is 5.73 Å². The van der Waals surface area contributed by atoms with Gasteiger partial charge in [-0.3, -0.25) is 0 Å². The minimum atomic E-state index is -2.30. The Morgan fingerprint density at radius 3 is 2.47 bits per heavy atom.